The summed E-state index contributed by atoms with van der Waals surface area (Å²) in [6, 6.07) is 9.59. The molecule has 0 saturated carbocycles. The zero-order valence-corrected chi connectivity index (χ0v) is 25.6. The molecule has 2 aromatic rings. The first-order valence-corrected chi connectivity index (χ1v) is 14.2. The Morgan fingerprint density at radius 2 is 1.38 bits per heavy atom. The number of unbranched alkanes of at least 4 members (excludes halogenated alkanes) is 11. The smallest absolute Gasteiger partial charge is 0.252 e. The normalized spacial score (nSPS) is 10.6. The fourth-order valence-electron chi connectivity index (χ4n) is 4.37. The number of methoxy groups -OCH3 is 1. The number of benzene rings is 1. The molecule has 0 aliphatic carbocycles. The van der Waals surface area contributed by atoms with Crippen LogP contribution in [0.15, 0.2) is 42.7 Å². The molecule has 1 heterocycles. The Balaban J connectivity index is 0.00000684. The lowest BCUT2D eigenvalue weighted by atomic mass is 10.1. The highest BCUT2D eigenvalue weighted by atomic mass is 127. The number of aryl methyl sites for hydroxylation is 1. The molecule has 0 fully saturated rings. The average Bonchev–Trinajstić information content (AvgIpc) is 2.91. The number of rotatable bonds is 20. The van der Waals surface area contributed by atoms with Crippen LogP contribution in [0.3, 0.4) is 0 Å². The molecular formula is C31H49IN2O3. The number of halogens is 1. The highest BCUT2D eigenvalue weighted by Gasteiger charge is 2.10. The average molecular weight is 625 g/mol. The predicted molar refractivity (Wildman–Crippen MR) is 148 cm³/mol. The Bertz CT molecular complexity index is 858. The maximum Gasteiger partial charge on any atom is 0.252 e. The van der Waals surface area contributed by atoms with Crippen molar-refractivity contribution in [2.75, 3.05) is 13.7 Å². The molecule has 0 unspecified atom stereocenters. The monoisotopic (exact) mass is 624 g/mol. The maximum atomic E-state index is 12.5. The number of hydrogen-bond acceptors (Lipinski definition) is 3. The summed E-state index contributed by atoms with van der Waals surface area (Å²) in [5.41, 5.74) is 1.64. The van der Waals surface area contributed by atoms with Crippen molar-refractivity contribution in [3.8, 4) is 11.5 Å². The maximum absolute atomic E-state index is 12.5. The summed E-state index contributed by atoms with van der Waals surface area (Å²) < 4.78 is 13.6. The van der Waals surface area contributed by atoms with Crippen molar-refractivity contribution in [1.82, 2.24) is 5.32 Å². The fraction of sp³-hybridized carbons (Fsp3) is 0.613. The lowest BCUT2D eigenvalue weighted by Crippen LogP contribution is -3.00. The van der Waals surface area contributed by atoms with E-state index in [1.165, 1.54) is 70.6 Å². The van der Waals surface area contributed by atoms with Gasteiger partial charge in [0.2, 0.25) is 0 Å². The van der Waals surface area contributed by atoms with E-state index in [-0.39, 0.29) is 29.9 Å². The largest absolute Gasteiger partial charge is 1.00 e. The molecular weight excluding hydrogens is 575 g/mol. The molecule has 0 aliphatic heterocycles. The molecule has 1 aromatic heterocycles. The Kier molecular flexibility index (Phi) is 19.0. The van der Waals surface area contributed by atoms with Gasteiger partial charge in [0.05, 0.1) is 19.3 Å². The van der Waals surface area contributed by atoms with E-state index >= 15 is 0 Å². The Hall–Kier alpha value is -1.83. The van der Waals surface area contributed by atoms with Gasteiger partial charge in [0.15, 0.2) is 23.9 Å². The van der Waals surface area contributed by atoms with Gasteiger partial charge < -0.3 is 38.8 Å². The lowest BCUT2D eigenvalue weighted by molar-refractivity contribution is -0.697. The van der Waals surface area contributed by atoms with Gasteiger partial charge in [0.1, 0.15) is 6.54 Å². The molecule has 1 amide bonds. The fourth-order valence-corrected chi connectivity index (χ4v) is 4.37. The first-order chi connectivity index (χ1) is 17.7. The van der Waals surface area contributed by atoms with Crippen molar-refractivity contribution in [2.45, 2.75) is 110 Å². The second-order valence-corrected chi connectivity index (χ2v) is 9.73. The summed E-state index contributed by atoms with van der Waals surface area (Å²) >= 11 is 0. The van der Waals surface area contributed by atoms with E-state index in [1.807, 2.05) is 42.7 Å². The molecule has 6 heteroatoms. The van der Waals surface area contributed by atoms with Gasteiger partial charge in [-0.1, -0.05) is 90.5 Å². The predicted octanol–water partition coefficient (Wildman–Crippen LogP) is 4.41. The van der Waals surface area contributed by atoms with Gasteiger partial charge >= 0.3 is 0 Å². The number of carbonyl (C=O) groups is 1. The van der Waals surface area contributed by atoms with E-state index in [9.17, 15) is 4.79 Å². The van der Waals surface area contributed by atoms with Crippen LogP contribution in [0.1, 0.15) is 113 Å². The van der Waals surface area contributed by atoms with Crippen LogP contribution in [-0.2, 0) is 13.1 Å². The molecule has 0 radical (unpaired) electrons. The summed E-state index contributed by atoms with van der Waals surface area (Å²) in [6.45, 7) is 6.51. The Morgan fingerprint density at radius 3 is 1.95 bits per heavy atom. The van der Waals surface area contributed by atoms with Crippen molar-refractivity contribution >= 4 is 5.91 Å². The highest BCUT2D eigenvalue weighted by molar-refractivity contribution is 5.93. The molecule has 1 N–H and O–H groups in total. The third-order valence-electron chi connectivity index (χ3n) is 6.57. The number of amides is 1. The number of nitrogens with one attached hydrogen (secondary N) is 1. The zero-order chi connectivity index (χ0) is 25.8. The minimum atomic E-state index is -0.0788. The number of carbonyl (C=O) groups excluding carboxylic acids is 1. The number of ether oxygens (including phenoxy) is 2. The molecule has 0 saturated heterocycles. The van der Waals surface area contributed by atoms with Gasteiger partial charge in [-0.3, -0.25) is 4.79 Å². The van der Waals surface area contributed by atoms with Crippen molar-refractivity contribution in [2.24, 2.45) is 0 Å². The van der Waals surface area contributed by atoms with Crippen LogP contribution in [0.4, 0.5) is 0 Å². The van der Waals surface area contributed by atoms with Crippen LogP contribution in [0.25, 0.3) is 0 Å². The minimum Gasteiger partial charge on any atom is -1.00 e. The second kappa shape index (κ2) is 21.1. The second-order valence-electron chi connectivity index (χ2n) is 9.73. The Labute approximate surface area is 242 Å². The molecule has 5 nitrogen and oxygen atoms in total. The standard InChI is InChI=1S/C31H48N2O3.HI/c1-4-6-7-8-9-10-11-12-13-14-15-16-24-36-29-18-17-27(25-30(29)35-3)26-32-31(34)28-19-22-33(21-5-2)23-20-28;/h17-20,22-23,25H,4-16,21,24,26H2,1-3H3;1H. The molecule has 208 valence electrons. The summed E-state index contributed by atoms with van der Waals surface area (Å²) in [5, 5.41) is 2.99. The van der Waals surface area contributed by atoms with Crippen LogP contribution >= 0.6 is 0 Å². The summed E-state index contributed by atoms with van der Waals surface area (Å²) in [7, 11) is 1.66. The van der Waals surface area contributed by atoms with E-state index in [0.717, 1.165) is 30.7 Å². The molecule has 37 heavy (non-hydrogen) atoms. The molecule has 2 rings (SSSR count). The van der Waals surface area contributed by atoms with Crippen LogP contribution in [-0.4, -0.2) is 19.6 Å². The summed E-state index contributed by atoms with van der Waals surface area (Å²) in [4.78, 5) is 12.5. The number of nitrogens with zero attached hydrogens (tertiary/aromatic N) is 1. The van der Waals surface area contributed by atoms with Crippen LogP contribution in [0.2, 0.25) is 0 Å². The molecule has 0 bridgehead atoms. The zero-order valence-electron chi connectivity index (χ0n) is 23.4. The van der Waals surface area contributed by atoms with Crippen LogP contribution < -0.4 is 43.3 Å². The van der Waals surface area contributed by atoms with E-state index in [2.05, 4.69) is 23.7 Å². The molecule has 0 atom stereocenters. The van der Waals surface area contributed by atoms with Gasteiger partial charge in [-0.05, 0) is 24.1 Å². The first-order valence-electron chi connectivity index (χ1n) is 14.2. The molecule has 1 aromatic carbocycles. The van der Waals surface area contributed by atoms with Crippen molar-refractivity contribution in [3.05, 3.63) is 53.9 Å². The van der Waals surface area contributed by atoms with Gasteiger partial charge in [0, 0.05) is 25.1 Å². The topological polar surface area (TPSA) is 51.4 Å². The van der Waals surface area contributed by atoms with E-state index in [0.29, 0.717) is 24.5 Å². The van der Waals surface area contributed by atoms with Gasteiger partial charge in [-0.25, -0.2) is 4.57 Å². The van der Waals surface area contributed by atoms with Gasteiger partial charge in [0.25, 0.3) is 5.91 Å². The summed E-state index contributed by atoms with van der Waals surface area (Å²) in [5.74, 6) is 1.39. The van der Waals surface area contributed by atoms with E-state index in [1.54, 1.807) is 7.11 Å². The van der Waals surface area contributed by atoms with Crippen LogP contribution in [0.5, 0.6) is 11.5 Å². The van der Waals surface area contributed by atoms with Crippen molar-refractivity contribution < 1.29 is 42.8 Å². The van der Waals surface area contributed by atoms with Gasteiger partial charge in [-0.2, -0.15) is 0 Å². The first kappa shape index (κ1) is 33.2. The summed E-state index contributed by atoms with van der Waals surface area (Å²) in [6.07, 6.45) is 21.0. The minimum absolute atomic E-state index is 0. The Morgan fingerprint density at radius 1 is 0.784 bits per heavy atom. The SMILES string of the molecule is CCCCCCCCCCCCCCOc1ccc(CNC(=O)c2cc[n+](CCC)cc2)cc1OC.[I-]. The van der Waals surface area contributed by atoms with Crippen molar-refractivity contribution in [1.29, 1.82) is 0 Å². The molecule has 0 aliphatic rings. The van der Waals surface area contributed by atoms with Gasteiger partial charge in [-0.15, -0.1) is 0 Å². The third-order valence-corrected chi connectivity index (χ3v) is 6.57. The third kappa shape index (κ3) is 14.0. The molecule has 0 spiro atoms. The van der Waals surface area contributed by atoms with E-state index in [4.69, 9.17) is 9.47 Å². The number of hydrogen-bond donors (Lipinski definition) is 1. The number of pyridine rings is 1. The quantitative estimate of drug-likeness (QED) is 0.135. The van der Waals surface area contributed by atoms with Crippen molar-refractivity contribution in [3.63, 3.8) is 0 Å². The number of aromatic nitrogens is 1. The van der Waals surface area contributed by atoms with Crippen LogP contribution in [0, 0.1) is 0 Å². The lowest BCUT2D eigenvalue weighted by Gasteiger charge is -2.13. The highest BCUT2D eigenvalue weighted by Crippen LogP contribution is 2.28. The van der Waals surface area contributed by atoms with E-state index < -0.39 is 0 Å².